The molecule has 11 nitrogen and oxygen atoms in total. The van der Waals surface area contributed by atoms with Gasteiger partial charge in [0.15, 0.2) is 0 Å². The van der Waals surface area contributed by atoms with Gasteiger partial charge in [0, 0.05) is 38.7 Å². The Bertz CT molecular complexity index is 2270. The number of aliphatic carboxylic acids is 1. The van der Waals surface area contributed by atoms with Gasteiger partial charge in [0.25, 0.3) is 5.91 Å². The highest BCUT2D eigenvalue weighted by molar-refractivity contribution is 7.16. The van der Waals surface area contributed by atoms with Gasteiger partial charge in [-0.25, -0.2) is 4.68 Å². The highest BCUT2D eigenvalue weighted by Gasteiger charge is 2.27. The van der Waals surface area contributed by atoms with Crippen molar-refractivity contribution in [2.45, 2.75) is 67.2 Å². The number of hydrogen-bond donors (Lipinski definition) is 4. The predicted octanol–water partition coefficient (Wildman–Crippen LogP) is 8.81. The van der Waals surface area contributed by atoms with Crippen molar-refractivity contribution in [3.8, 4) is 22.8 Å². The van der Waals surface area contributed by atoms with E-state index in [1.54, 1.807) is 50.3 Å². The molecule has 0 spiro atoms. The number of nitrogens with one attached hydrogen (secondary N) is 3. The molecule has 15 heteroatoms. The summed E-state index contributed by atoms with van der Waals surface area (Å²) < 4.78 is 3.03. The van der Waals surface area contributed by atoms with Gasteiger partial charge in [-0.3, -0.25) is 24.3 Å². The maximum atomic E-state index is 12.8. The topological polar surface area (TPSA) is 167 Å². The molecule has 0 aliphatic heterocycles. The zero-order valence-corrected chi connectivity index (χ0v) is 33.4. The third kappa shape index (κ3) is 12.5. The quantitative estimate of drug-likeness (QED) is 0.119. The maximum absolute atomic E-state index is 12.8. The van der Waals surface area contributed by atoms with E-state index in [-0.39, 0.29) is 17.0 Å². The Morgan fingerprint density at radius 2 is 1.23 bits per heavy atom. The van der Waals surface area contributed by atoms with Gasteiger partial charge >= 0.3 is 5.97 Å². The minimum atomic E-state index is -0.757. The lowest BCUT2D eigenvalue weighted by Crippen LogP contribution is -2.29. The Morgan fingerprint density at radius 3 is 1.68 bits per heavy atom. The standard InChI is InChI=1S/C19H20ClN3O2S.C14H12ClN3OS.C5H10O2/c1-19(2,3)18(25)23-12(7-8-13-9-10-16(20)26-13)11-15(22-23)14-5-4-6-17(24)21-14;15-13-7-6-10(20-13)5-4-9-8-12(18-17-9)11-2-1-3-14(19)16-11;1-5(2,3)4(6)7/h4-6,9-11H,7-8H2,1-3H3,(H,21,24);1-3,6-8H,4-5H2,(H,16,19)(H,17,18);1-3H3,(H,6,7). The monoisotopic (exact) mass is 796 g/mol. The van der Waals surface area contributed by atoms with Crippen LogP contribution in [0.3, 0.4) is 0 Å². The van der Waals surface area contributed by atoms with Crippen molar-refractivity contribution in [1.82, 2.24) is 29.9 Å². The first-order valence-corrected chi connectivity index (χ1v) is 19.1. The number of nitrogens with zero attached hydrogens (tertiary/aromatic N) is 3. The predicted molar refractivity (Wildman–Crippen MR) is 214 cm³/mol. The van der Waals surface area contributed by atoms with Gasteiger partial charge in [-0.05, 0) is 95.0 Å². The second kappa shape index (κ2) is 18.0. The van der Waals surface area contributed by atoms with Crippen LogP contribution in [-0.2, 0) is 30.5 Å². The fourth-order valence-corrected chi connectivity index (χ4v) is 6.70. The average molecular weight is 798 g/mol. The molecule has 280 valence electrons. The SMILES string of the molecule is CC(C)(C)C(=O)O.CC(C)(C)C(=O)n1nc(-c2cccc(=O)[nH]2)cc1CCc1ccc(Cl)s1.O=c1cccc(-c2cc(CCc3ccc(Cl)s3)[nH]n2)[nH]1. The molecule has 0 atom stereocenters. The lowest BCUT2D eigenvalue weighted by Gasteiger charge is -2.17. The second-order valence-electron chi connectivity index (χ2n) is 14.1. The molecule has 0 bridgehead atoms. The molecule has 6 heterocycles. The minimum Gasteiger partial charge on any atom is -0.481 e. The molecule has 0 saturated heterocycles. The summed E-state index contributed by atoms with van der Waals surface area (Å²) in [5.74, 6) is -0.839. The molecule has 0 unspecified atom stereocenters. The van der Waals surface area contributed by atoms with E-state index < -0.39 is 16.8 Å². The van der Waals surface area contributed by atoms with Crippen molar-refractivity contribution in [2.75, 3.05) is 0 Å². The summed E-state index contributed by atoms with van der Waals surface area (Å²) in [5.41, 5.74) is 3.03. The van der Waals surface area contributed by atoms with Crippen molar-refractivity contribution in [1.29, 1.82) is 0 Å². The summed E-state index contributed by atoms with van der Waals surface area (Å²) in [6.45, 7) is 10.6. The molecule has 0 aromatic carbocycles. The molecule has 6 rings (SSSR count). The van der Waals surface area contributed by atoms with Crippen LogP contribution in [0.5, 0.6) is 0 Å². The number of pyridine rings is 2. The van der Waals surface area contributed by atoms with E-state index in [0.717, 1.165) is 55.6 Å². The zero-order valence-electron chi connectivity index (χ0n) is 30.3. The molecule has 0 aliphatic rings. The number of carboxylic acids is 1. The molecule has 0 amide bonds. The van der Waals surface area contributed by atoms with E-state index in [4.69, 9.17) is 28.3 Å². The number of halogens is 2. The first kappa shape index (κ1) is 41.2. The van der Waals surface area contributed by atoms with Crippen LogP contribution in [0.1, 0.15) is 67.5 Å². The van der Waals surface area contributed by atoms with Crippen LogP contribution in [0.25, 0.3) is 22.8 Å². The van der Waals surface area contributed by atoms with Crippen molar-refractivity contribution in [3.63, 3.8) is 0 Å². The van der Waals surface area contributed by atoms with E-state index >= 15 is 0 Å². The van der Waals surface area contributed by atoms with Crippen LogP contribution >= 0.6 is 45.9 Å². The summed E-state index contributed by atoms with van der Waals surface area (Å²) in [6.07, 6.45) is 3.21. The number of hydrogen-bond acceptors (Lipinski definition) is 8. The summed E-state index contributed by atoms with van der Waals surface area (Å²) >= 11 is 15.0. The largest absolute Gasteiger partial charge is 0.481 e. The van der Waals surface area contributed by atoms with Crippen molar-refractivity contribution < 1.29 is 14.7 Å². The summed E-state index contributed by atoms with van der Waals surface area (Å²) in [4.78, 5) is 53.6. The molecule has 0 radical (unpaired) electrons. The lowest BCUT2D eigenvalue weighted by atomic mass is 9.95. The smallest absolute Gasteiger partial charge is 0.308 e. The summed E-state index contributed by atoms with van der Waals surface area (Å²) in [6, 6.07) is 21.6. The number of carboxylic acid groups (broad SMARTS) is 1. The number of aromatic amines is 3. The van der Waals surface area contributed by atoms with Gasteiger partial charge < -0.3 is 15.1 Å². The number of rotatable bonds is 8. The second-order valence-corrected chi connectivity index (χ2v) is 17.7. The van der Waals surface area contributed by atoms with Gasteiger partial charge in [0.2, 0.25) is 11.1 Å². The van der Waals surface area contributed by atoms with E-state index in [1.165, 1.54) is 33.0 Å². The number of H-pyrrole nitrogens is 3. The highest BCUT2D eigenvalue weighted by atomic mass is 35.5. The Balaban J connectivity index is 0.000000205. The Hall–Kier alpha value is -4.56. The summed E-state index contributed by atoms with van der Waals surface area (Å²) in [7, 11) is 0. The normalized spacial score (nSPS) is 11.3. The maximum Gasteiger partial charge on any atom is 0.308 e. The first-order valence-electron chi connectivity index (χ1n) is 16.7. The Morgan fingerprint density at radius 1 is 0.717 bits per heavy atom. The van der Waals surface area contributed by atoms with Gasteiger partial charge in [-0.1, -0.05) is 56.1 Å². The third-order valence-electron chi connectivity index (χ3n) is 7.50. The van der Waals surface area contributed by atoms with E-state index in [9.17, 15) is 19.2 Å². The molecule has 0 saturated carbocycles. The Labute approximate surface area is 325 Å². The van der Waals surface area contributed by atoms with Crippen LogP contribution in [0, 0.1) is 10.8 Å². The lowest BCUT2D eigenvalue weighted by molar-refractivity contribution is -0.145. The number of carbonyl (C=O) groups is 2. The van der Waals surface area contributed by atoms with Gasteiger partial charge in [-0.15, -0.1) is 22.7 Å². The van der Waals surface area contributed by atoms with Crippen LogP contribution < -0.4 is 11.1 Å². The molecule has 0 aliphatic carbocycles. The molecule has 0 fully saturated rings. The fourth-order valence-electron chi connectivity index (χ4n) is 4.53. The zero-order chi connectivity index (χ0) is 38.9. The minimum absolute atomic E-state index is 0.0822. The van der Waals surface area contributed by atoms with Crippen molar-refractivity contribution in [3.05, 3.63) is 123 Å². The molecule has 4 N–H and O–H groups in total. The van der Waals surface area contributed by atoms with Crippen molar-refractivity contribution >= 4 is 57.8 Å². The van der Waals surface area contributed by atoms with Crippen molar-refractivity contribution in [2.24, 2.45) is 10.8 Å². The molecular weight excluding hydrogens is 755 g/mol. The van der Waals surface area contributed by atoms with E-state index in [2.05, 4.69) is 25.3 Å². The van der Waals surface area contributed by atoms with Gasteiger partial charge in [0.1, 0.15) is 11.4 Å². The molecule has 6 aromatic heterocycles. The van der Waals surface area contributed by atoms with Gasteiger partial charge in [-0.2, -0.15) is 10.2 Å². The first-order chi connectivity index (χ1) is 24.9. The van der Waals surface area contributed by atoms with Crippen LogP contribution in [0.15, 0.2) is 82.4 Å². The van der Waals surface area contributed by atoms with E-state index in [1.807, 2.05) is 63.2 Å². The Kier molecular flexibility index (Phi) is 14.0. The number of aryl methyl sites for hydroxylation is 4. The fraction of sp³-hybridized carbons (Fsp3) is 0.316. The highest BCUT2D eigenvalue weighted by Crippen LogP contribution is 2.26. The molecule has 6 aromatic rings. The van der Waals surface area contributed by atoms with E-state index in [0.29, 0.717) is 17.8 Å². The molecule has 53 heavy (non-hydrogen) atoms. The van der Waals surface area contributed by atoms with Crippen LogP contribution in [0.2, 0.25) is 8.67 Å². The van der Waals surface area contributed by atoms with Gasteiger partial charge in [0.05, 0.1) is 25.5 Å². The number of carbonyl (C=O) groups excluding carboxylic acids is 1. The molecular formula is C38H42Cl2N6O5S2. The average Bonchev–Trinajstić information content (AvgIpc) is 3.90. The van der Waals surface area contributed by atoms with Crippen LogP contribution in [-0.4, -0.2) is 46.9 Å². The number of aromatic nitrogens is 6. The van der Waals surface area contributed by atoms with Crippen LogP contribution in [0.4, 0.5) is 0 Å². The number of thiophene rings is 2. The summed E-state index contributed by atoms with van der Waals surface area (Å²) in [5, 5.41) is 20.0. The third-order valence-corrected chi connectivity index (χ3v) is 10.1.